The molecule has 1 saturated heterocycles. The number of allylic oxidation sites excluding steroid dienone is 5. The highest BCUT2D eigenvalue weighted by Crippen LogP contribution is 2.73. The molecule has 1 aliphatic heterocycles. The fourth-order valence-corrected chi connectivity index (χ4v) is 7.53. The molecule has 3 aliphatic carbocycles. The Morgan fingerprint density at radius 1 is 1.22 bits per heavy atom. The van der Waals surface area contributed by atoms with Crippen molar-refractivity contribution in [3.05, 3.63) is 35.6 Å². The summed E-state index contributed by atoms with van der Waals surface area (Å²) >= 11 is 0. The number of carbonyl (C=O) groups excluding carboxylic acids is 1. The maximum absolute atomic E-state index is 13.7. The Hall–Kier alpha value is -1.72. The van der Waals surface area contributed by atoms with Crippen molar-refractivity contribution in [1.29, 1.82) is 0 Å². The van der Waals surface area contributed by atoms with Gasteiger partial charge in [-0.2, -0.15) is 13.2 Å². The summed E-state index contributed by atoms with van der Waals surface area (Å²) in [7, 11) is 0. The molecule has 1 amide bonds. The molecule has 2 saturated carbocycles. The number of unbranched alkanes of at least 4 members (excludes halogenated alkanes) is 1. The molecule has 6 heteroatoms. The lowest BCUT2D eigenvalue weighted by Crippen LogP contribution is -2.37. The standard InChI is InChI=1S/C30H44F3NO2/c1-5-8-10-21(6-2)16-22-17-26-27(29(26,7-3)18-22)28(35)34-19-25(15-20(34)4)36-24-12-9-11-23(13-14-24)30(31,32)33/h9,11,13-14,20-22,25-27H,5-8,10,12,15-19H2,1-4H3/t20?,21?,22?,25?,26-,27+,29?/m0/s1. The molecule has 3 nitrogen and oxygen atoms in total. The molecule has 0 aromatic carbocycles. The minimum absolute atomic E-state index is 0.0928. The van der Waals surface area contributed by atoms with E-state index >= 15 is 0 Å². The van der Waals surface area contributed by atoms with Crippen LogP contribution in [0, 0.1) is 29.1 Å². The van der Waals surface area contributed by atoms with Crippen LogP contribution in [-0.4, -0.2) is 35.7 Å². The second-order valence-corrected chi connectivity index (χ2v) is 11.8. The number of hydrogen-bond donors (Lipinski definition) is 0. The van der Waals surface area contributed by atoms with Gasteiger partial charge in [0, 0.05) is 24.8 Å². The van der Waals surface area contributed by atoms with Crippen LogP contribution in [0.25, 0.3) is 0 Å². The number of nitrogens with zero attached hydrogens (tertiary/aromatic N) is 1. The van der Waals surface area contributed by atoms with Crippen LogP contribution in [0.3, 0.4) is 0 Å². The number of rotatable bonds is 10. The van der Waals surface area contributed by atoms with Crippen molar-refractivity contribution in [3.63, 3.8) is 0 Å². The van der Waals surface area contributed by atoms with Crippen molar-refractivity contribution in [2.75, 3.05) is 6.54 Å². The molecule has 0 spiro atoms. The maximum Gasteiger partial charge on any atom is 0.416 e. The molecule has 36 heavy (non-hydrogen) atoms. The first-order valence-corrected chi connectivity index (χ1v) is 14.2. The van der Waals surface area contributed by atoms with Crippen LogP contribution in [0.5, 0.6) is 0 Å². The van der Waals surface area contributed by atoms with Gasteiger partial charge in [-0.3, -0.25) is 4.79 Å². The Kier molecular flexibility index (Phi) is 8.31. The summed E-state index contributed by atoms with van der Waals surface area (Å²) in [5, 5.41) is 0. The molecule has 0 aromatic rings. The zero-order chi connectivity index (χ0) is 26.1. The summed E-state index contributed by atoms with van der Waals surface area (Å²) < 4.78 is 45.1. The Balaban J connectivity index is 1.33. The van der Waals surface area contributed by atoms with Crippen LogP contribution < -0.4 is 0 Å². The van der Waals surface area contributed by atoms with Crippen molar-refractivity contribution >= 4 is 5.91 Å². The lowest BCUT2D eigenvalue weighted by Gasteiger charge is -2.27. The van der Waals surface area contributed by atoms with Crippen LogP contribution in [0.2, 0.25) is 0 Å². The van der Waals surface area contributed by atoms with Crippen molar-refractivity contribution in [1.82, 2.24) is 4.90 Å². The SMILES string of the molecule is CCCCC(CC)CC1C[C@H]2[C@H](C(=O)N3CC(OC4=CC=C(C(F)(F)F)C=CC4)CC3C)C2(CC)C1. The minimum atomic E-state index is -4.36. The van der Waals surface area contributed by atoms with E-state index in [4.69, 9.17) is 4.74 Å². The maximum atomic E-state index is 13.7. The van der Waals surface area contributed by atoms with Crippen molar-refractivity contribution in [2.45, 2.75) is 110 Å². The molecular formula is C30H44F3NO2. The van der Waals surface area contributed by atoms with E-state index in [9.17, 15) is 18.0 Å². The van der Waals surface area contributed by atoms with Gasteiger partial charge >= 0.3 is 6.18 Å². The molecule has 5 unspecified atom stereocenters. The highest BCUT2D eigenvalue weighted by Gasteiger charge is 2.71. The molecule has 7 atom stereocenters. The van der Waals surface area contributed by atoms with Gasteiger partial charge in [-0.1, -0.05) is 58.6 Å². The lowest BCUT2D eigenvalue weighted by atomic mass is 9.82. The van der Waals surface area contributed by atoms with E-state index in [-0.39, 0.29) is 29.4 Å². The highest BCUT2D eigenvalue weighted by atomic mass is 19.4. The molecule has 0 bridgehead atoms. The van der Waals surface area contributed by atoms with Crippen LogP contribution in [0.15, 0.2) is 35.6 Å². The van der Waals surface area contributed by atoms with E-state index in [0.29, 0.717) is 24.6 Å². The van der Waals surface area contributed by atoms with Gasteiger partial charge in [0.1, 0.15) is 11.9 Å². The Morgan fingerprint density at radius 3 is 2.64 bits per heavy atom. The summed E-state index contributed by atoms with van der Waals surface area (Å²) in [6, 6.07) is 0.0928. The third-order valence-electron chi connectivity index (χ3n) is 9.57. The third-order valence-corrected chi connectivity index (χ3v) is 9.57. The predicted molar refractivity (Wildman–Crippen MR) is 137 cm³/mol. The van der Waals surface area contributed by atoms with Crippen molar-refractivity contribution in [3.8, 4) is 0 Å². The first-order chi connectivity index (χ1) is 17.1. The van der Waals surface area contributed by atoms with E-state index in [2.05, 4.69) is 27.7 Å². The number of ether oxygens (including phenoxy) is 1. The second-order valence-electron chi connectivity index (χ2n) is 11.8. The quantitative estimate of drug-likeness (QED) is 0.300. The Morgan fingerprint density at radius 2 is 2.00 bits per heavy atom. The van der Waals surface area contributed by atoms with E-state index in [1.54, 1.807) is 0 Å². The van der Waals surface area contributed by atoms with E-state index in [1.807, 2.05) is 4.90 Å². The monoisotopic (exact) mass is 507 g/mol. The molecule has 1 heterocycles. The predicted octanol–water partition coefficient (Wildman–Crippen LogP) is 7.98. The number of likely N-dealkylation sites (tertiary alicyclic amines) is 1. The number of halogens is 3. The van der Waals surface area contributed by atoms with Gasteiger partial charge in [-0.15, -0.1) is 0 Å². The Bertz CT molecular complexity index is 891. The van der Waals surface area contributed by atoms with Gasteiger partial charge in [0.25, 0.3) is 0 Å². The first-order valence-electron chi connectivity index (χ1n) is 14.2. The van der Waals surface area contributed by atoms with Gasteiger partial charge in [-0.05, 0) is 67.9 Å². The van der Waals surface area contributed by atoms with E-state index in [1.165, 1.54) is 57.1 Å². The van der Waals surface area contributed by atoms with Crippen LogP contribution >= 0.6 is 0 Å². The summed E-state index contributed by atoms with van der Waals surface area (Å²) in [5.41, 5.74) is -0.478. The summed E-state index contributed by atoms with van der Waals surface area (Å²) in [6.07, 6.45) is 11.6. The third kappa shape index (κ3) is 5.57. The van der Waals surface area contributed by atoms with Gasteiger partial charge in [0.05, 0.1) is 12.1 Å². The van der Waals surface area contributed by atoms with Gasteiger partial charge < -0.3 is 9.64 Å². The van der Waals surface area contributed by atoms with Gasteiger partial charge in [0.2, 0.25) is 5.91 Å². The molecule has 0 aromatic heterocycles. The van der Waals surface area contributed by atoms with Crippen LogP contribution in [-0.2, 0) is 9.53 Å². The van der Waals surface area contributed by atoms with Gasteiger partial charge in [0.15, 0.2) is 0 Å². The lowest BCUT2D eigenvalue weighted by molar-refractivity contribution is -0.135. The largest absolute Gasteiger partial charge is 0.493 e. The van der Waals surface area contributed by atoms with E-state index < -0.39 is 11.7 Å². The average molecular weight is 508 g/mol. The van der Waals surface area contributed by atoms with Crippen LogP contribution in [0.1, 0.15) is 91.9 Å². The molecule has 3 fully saturated rings. The van der Waals surface area contributed by atoms with Gasteiger partial charge in [-0.25, -0.2) is 0 Å². The minimum Gasteiger partial charge on any atom is -0.493 e. The summed E-state index contributed by atoms with van der Waals surface area (Å²) in [6.45, 7) is 9.44. The number of carbonyl (C=O) groups is 1. The fraction of sp³-hybridized carbons (Fsp3) is 0.767. The first kappa shape index (κ1) is 27.3. The average Bonchev–Trinajstić information content (AvgIpc) is 3.20. The summed E-state index contributed by atoms with van der Waals surface area (Å²) in [4.78, 5) is 15.7. The number of alkyl halides is 3. The van der Waals surface area contributed by atoms with E-state index in [0.717, 1.165) is 36.8 Å². The molecular weight excluding hydrogens is 463 g/mol. The molecule has 4 aliphatic rings. The number of hydrogen-bond acceptors (Lipinski definition) is 2. The van der Waals surface area contributed by atoms with Crippen molar-refractivity contribution < 1.29 is 22.7 Å². The topological polar surface area (TPSA) is 29.5 Å². The van der Waals surface area contributed by atoms with Crippen molar-refractivity contribution in [2.24, 2.45) is 29.1 Å². The zero-order valence-corrected chi connectivity index (χ0v) is 22.4. The molecule has 0 radical (unpaired) electrons. The van der Waals surface area contributed by atoms with Crippen LogP contribution in [0.4, 0.5) is 13.2 Å². The zero-order valence-electron chi connectivity index (χ0n) is 22.4. The molecule has 4 rings (SSSR count). The normalized spacial score (nSPS) is 34.6. The number of fused-ring (bicyclic) bond motifs is 1. The molecule has 0 N–H and O–H groups in total. The molecule has 202 valence electrons. The highest BCUT2D eigenvalue weighted by molar-refractivity contribution is 5.84. The number of amides is 1. The summed E-state index contributed by atoms with van der Waals surface area (Å²) in [5.74, 6) is 3.07. The second kappa shape index (κ2) is 10.9. The fourth-order valence-electron chi connectivity index (χ4n) is 7.53. The smallest absolute Gasteiger partial charge is 0.416 e. The Labute approximate surface area is 215 Å².